The fourth-order valence-corrected chi connectivity index (χ4v) is 3.08. The van der Waals surface area contributed by atoms with Crippen LogP contribution in [0, 0.1) is 5.82 Å². The third-order valence-corrected chi connectivity index (χ3v) is 4.65. The van der Waals surface area contributed by atoms with E-state index in [0.29, 0.717) is 22.6 Å². The highest BCUT2D eigenvalue weighted by Crippen LogP contribution is 2.28. The van der Waals surface area contributed by atoms with Crippen molar-refractivity contribution in [3.05, 3.63) is 94.3 Å². The molecule has 3 aromatic rings. The lowest BCUT2D eigenvalue weighted by Crippen LogP contribution is -2.03. The molecule has 0 amide bonds. The fourth-order valence-electron chi connectivity index (χ4n) is 2.86. The predicted molar refractivity (Wildman–Crippen MR) is 115 cm³/mol. The first-order valence-electron chi connectivity index (χ1n) is 9.38. The van der Waals surface area contributed by atoms with E-state index in [9.17, 15) is 18.0 Å². The Hall–Kier alpha value is -3.45. The van der Waals surface area contributed by atoms with Crippen molar-refractivity contribution in [3.8, 4) is 17.2 Å². The molecule has 0 saturated heterocycles. The quantitative estimate of drug-likeness (QED) is 0.267. The molecule has 0 aliphatic rings. The summed E-state index contributed by atoms with van der Waals surface area (Å²) in [6.07, 6.45) is 2.90. The molecule has 3 aromatic carbocycles. The molecule has 0 spiro atoms. The number of allylic oxidation sites excluding steroid dienone is 1. The van der Waals surface area contributed by atoms with Gasteiger partial charge in [0.1, 0.15) is 29.7 Å². The number of hydrogen-bond acceptors (Lipinski definition) is 4. The zero-order chi connectivity index (χ0) is 23.1. The molecule has 0 bridgehead atoms. The highest BCUT2D eigenvalue weighted by Gasteiger charge is 2.10. The van der Waals surface area contributed by atoms with Gasteiger partial charge in [-0.25, -0.2) is 4.39 Å². The molecule has 0 saturated carbocycles. The average Bonchev–Trinajstić information content (AvgIpc) is 2.76. The van der Waals surface area contributed by atoms with Crippen LogP contribution in [0.25, 0.3) is 6.08 Å². The van der Waals surface area contributed by atoms with Crippen molar-refractivity contribution in [3.63, 3.8) is 0 Å². The van der Waals surface area contributed by atoms with Crippen LogP contribution in [0.15, 0.2) is 66.7 Å². The van der Waals surface area contributed by atoms with Crippen molar-refractivity contribution in [2.24, 2.45) is 0 Å². The maximum Gasteiger partial charge on any atom is 0.387 e. The van der Waals surface area contributed by atoms with E-state index < -0.39 is 12.4 Å². The molecular formula is C24H18ClF3O4. The number of carbonyl (C=O) groups excluding carboxylic acids is 1. The van der Waals surface area contributed by atoms with Gasteiger partial charge in [-0.05, 0) is 54.1 Å². The summed E-state index contributed by atoms with van der Waals surface area (Å²) in [7, 11) is 1.51. The second-order valence-electron chi connectivity index (χ2n) is 6.54. The number of ether oxygens (including phenoxy) is 3. The minimum Gasteiger partial charge on any atom is -0.496 e. The van der Waals surface area contributed by atoms with Gasteiger partial charge in [0.2, 0.25) is 0 Å². The van der Waals surface area contributed by atoms with Gasteiger partial charge in [-0.2, -0.15) is 8.78 Å². The van der Waals surface area contributed by atoms with Gasteiger partial charge in [0.25, 0.3) is 0 Å². The van der Waals surface area contributed by atoms with Gasteiger partial charge in [0.05, 0.1) is 12.1 Å². The van der Waals surface area contributed by atoms with Crippen LogP contribution in [-0.4, -0.2) is 19.5 Å². The minimum absolute atomic E-state index is 0.0944. The topological polar surface area (TPSA) is 44.8 Å². The molecule has 3 rings (SSSR count). The zero-order valence-corrected chi connectivity index (χ0v) is 17.6. The minimum atomic E-state index is -2.97. The molecule has 4 nitrogen and oxygen atoms in total. The summed E-state index contributed by atoms with van der Waals surface area (Å²) in [6.45, 7) is -2.88. The molecule has 0 fully saturated rings. The van der Waals surface area contributed by atoms with Gasteiger partial charge in [-0.1, -0.05) is 35.9 Å². The highest BCUT2D eigenvalue weighted by molar-refractivity contribution is 6.32. The second-order valence-corrected chi connectivity index (χ2v) is 6.95. The highest BCUT2D eigenvalue weighted by atomic mass is 35.5. The number of benzene rings is 3. The molecule has 0 atom stereocenters. The number of rotatable bonds is 9. The normalized spacial score (nSPS) is 11.1. The summed E-state index contributed by atoms with van der Waals surface area (Å²) >= 11 is 5.99. The Morgan fingerprint density at radius 3 is 2.56 bits per heavy atom. The van der Waals surface area contributed by atoms with E-state index in [0.717, 1.165) is 6.07 Å². The standard InChI is InChI=1S/C24H18ClF3O4/c1-30-22-9-6-15(11-17(22)14-31-23-10-7-18(26)13-20(23)25)5-8-21(29)16-3-2-4-19(12-16)32-24(27)28/h2-13,24H,14H2,1H3/b8-5+. The molecule has 0 aliphatic carbocycles. The van der Waals surface area contributed by atoms with Crippen LogP contribution in [0.5, 0.6) is 17.2 Å². The van der Waals surface area contributed by atoms with Gasteiger partial charge < -0.3 is 14.2 Å². The first kappa shape index (κ1) is 23.2. The van der Waals surface area contributed by atoms with Crippen molar-refractivity contribution >= 4 is 23.5 Å². The van der Waals surface area contributed by atoms with Crippen LogP contribution >= 0.6 is 11.6 Å². The largest absolute Gasteiger partial charge is 0.496 e. The van der Waals surface area contributed by atoms with E-state index in [2.05, 4.69) is 4.74 Å². The third-order valence-electron chi connectivity index (χ3n) is 4.35. The van der Waals surface area contributed by atoms with Crippen LogP contribution in [0.1, 0.15) is 21.5 Å². The number of methoxy groups -OCH3 is 1. The van der Waals surface area contributed by atoms with Crippen molar-refractivity contribution in [1.29, 1.82) is 0 Å². The van der Waals surface area contributed by atoms with Crippen LogP contribution in [0.4, 0.5) is 13.2 Å². The monoisotopic (exact) mass is 462 g/mol. The first-order valence-corrected chi connectivity index (χ1v) is 9.75. The molecule has 0 N–H and O–H groups in total. The molecule has 0 unspecified atom stereocenters. The number of ketones is 1. The van der Waals surface area contributed by atoms with Crippen molar-refractivity contribution in [2.45, 2.75) is 13.2 Å². The van der Waals surface area contributed by atoms with Gasteiger partial charge in [0, 0.05) is 11.1 Å². The van der Waals surface area contributed by atoms with Crippen LogP contribution in [0.2, 0.25) is 5.02 Å². The van der Waals surface area contributed by atoms with Crippen molar-refractivity contribution in [1.82, 2.24) is 0 Å². The number of hydrogen-bond donors (Lipinski definition) is 0. The Morgan fingerprint density at radius 2 is 1.84 bits per heavy atom. The van der Waals surface area contributed by atoms with Crippen LogP contribution < -0.4 is 14.2 Å². The fraction of sp³-hybridized carbons (Fsp3) is 0.125. The smallest absolute Gasteiger partial charge is 0.387 e. The SMILES string of the molecule is COc1ccc(/C=C/C(=O)c2cccc(OC(F)F)c2)cc1COc1ccc(F)cc1Cl. The van der Waals surface area contributed by atoms with Crippen LogP contribution in [-0.2, 0) is 6.61 Å². The van der Waals surface area contributed by atoms with E-state index in [1.807, 2.05) is 0 Å². The Kier molecular flexibility index (Phi) is 7.78. The van der Waals surface area contributed by atoms with Crippen LogP contribution in [0.3, 0.4) is 0 Å². The van der Waals surface area contributed by atoms with Crippen molar-refractivity contribution in [2.75, 3.05) is 7.11 Å². The zero-order valence-electron chi connectivity index (χ0n) is 16.9. The molecule has 32 heavy (non-hydrogen) atoms. The van der Waals surface area contributed by atoms with E-state index in [1.165, 1.54) is 49.6 Å². The lowest BCUT2D eigenvalue weighted by atomic mass is 10.1. The van der Waals surface area contributed by atoms with Gasteiger partial charge in [0.15, 0.2) is 5.78 Å². The second kappa shape index (κ2) is 10.7. The maximum absolute atomic E-state index is 13.2. The first-order chi connectivity index (χ1) is 15.4. The third kappa shape index (κ3) is 6.28. The van der Waals surface area contributed by atoms with Gasteiger partial charge in [-0.3, -0.25) is 4.79 Å². The summed E-state index contributed by atoms with van der Waals surface area (Å²) in [5.74, 6) is -0.0669. The molecule has 8 heteroatoms. The summed E-state index contributed by atoms with van der Waals surface area (Å²) in [4.78, 5) is 12.4. The lowest BCUT2D eigenvalue weighted by Gasteiger charge is -2.12. The molecular weight excluding hydrogens is 445 g/mol. The number of alkyl halides is 2. The summed E-state index contributed by atoms with van der Waals surface area (Å²) in [5.41, 5.74) is 1.57. The summed E-state index contributed by atoms with van der Waals surface area (Å²) in [6, 6.07) is 14.6. The Labute approximate surface area is 187 Å². The van der Waals surface area contributed by atoms with Crippen molar-refractivity contribution < 1.29 is 32.2 Å². The lowest BCUT2D eigenvalue weighted by molar-refractivity contribution is -0.0498. The molecule has 0 radical (unpaired) electrons. The Morgan fingerprint density at radius 1 is 1.06 bits per heavy atom. The number of halogens is 4. The summed E-state index contributed by atoms with van der Waals surface area (Å²) < 4.78 is 53.3. The van der Waals surface area contributed by atoms with E-state index in [1.54, 1.807) is 24.3 Å². The predicted octanol–water partition coefficient (Wildman–Crippen LogP) is 6.56. The van der Waals surface area contributed by atoms with Gasteiger partial charge >= 0.3 is 6.61 Å². The molecule has 0 heterocycles. The number of carbonyl (C=O) groups is 1. The average molecular weight is 463 g/mol. The van der Waals surface area contributed by atoms with Gasteiger partial charge in [-0.15, -0.1) is 0 Å². The summed E-state index contributed by atoms with van der Waals surface area (Å²) in [5, 5.41) is 0.142. The Bertz CT molecular complexity index is 1130. The van der Waals surface area contributed by atoms with E-state index >= 15 is 0 Å². The van der Waals surface area contributed by atoms with E-state index in [-0.39, 0.29) is 28.7 Å². The Balaban J connectivity index is 1.74. The molecule has 166 valence electrons. The van der Waals surface area contributed by atoms with E-state index in [4.69, 9.17) is 21.1 Å². The maximum atomic E-state index is 13.2. The molecule has 0 aliphatic heterocycles. The molecule has 0 aromatic heterocycles.